The Hall–Kier alpha value is -1.04. The number of rotatable bonds is 2. The predicted octanol–water partition coefficient (Wildman–Crippen LogP) is 4.81. The molecule has 0 radical (unpaired) electrons. The SMILES string of the molecule is CC(C)C1=C2CC(=C1C1C=CC=CC1)CC2C. The van der Waals surface area contributed by atoms with Crippen LogP contribution in [-0.2, 0) is 0 Å². The smallest absolute Gasteiger partial charge is 0.00581 e. The molecule has 3 aliphatic carbocycles. The van der Waals surface area contributed by atoms with E-state index in [0.717, 1.165) is 5.92 Å². The van der Waals surface area contributed by atoms with Crippen LogP contribution in [0.25, 0.3) is 0 Å². The summed E-state index contributed by atoms with van der Waals surface area (Å²) >= 11 is 0. The Morgan fingerprint density at radius 2 is 2.06 bits per heavy atom. The fourth-order valence-electron chi connectivity index (χ4n) is 3.84. The Morgan fingerprint density at radius 1 is 1.24 bits per heavy atom. The normalized spacial score (nSPS) is 31.3. The Balaban J connectivity index is 2.00. The van der Waals surface area contributed by atoms with Gasteiger partial charge in [0.15, 0.2) is 0 Å². The van der Waals surface area contributed by atoms with E-state index in [1.54, 1.807) is 22.3 Å². The first-order valence-electron chi connectivity index (χ1n) is 6.97. The van der Waals surface area contributed by atoms with Gasteiger partial charge in [0.1, 0.15) is 0 Å². The number of allylic oxidation sites excluding steroid dienone is 8. The van der Waals surface area contributed by atoms with E-state index in [4.69, 9.17) is 0 Å². The molecule has 1 saturated carbocycles. The summed E-state index contributed by atoms with van der Waals surface area (Å²) in [6.07, 6.45) is 12.9. The Kier molecular flexibility index (Phi) is 2.61. The molecule has 0 spiro atoms. The van der Waals surface area contributed by atoms with Gasteiger partial charge < -0.3 is 0 Å². The minimum atomic E-state index is 0.664. The van der Waals surface area contributed by atoms with Crippen LogP contribution in [0.2, 0.25) is 0 Å². The molecule has 0 aromatic rings. The van der Waals surface area contributed by atoms with Gasteiger partial charge in [-0.05, 0) is 42.2 Å². The van der Waals surface area contributed by atoms with Gasteiger partial charge in [0.25, 0.3) is 0 Å². The zero-order chi connectivity index (χ0) is 12.0. The monoisotopic (exact) mass is 226 g/mol. The van der Waals surface area contributed by atoms with E-state index in [0.29, 0.717) is 11.8 Å². The summed E-state index contributed by atoms with van der Waals surface area (Å²) in [5.74, 6) is 2.17. The van der Waals surface area contributed by atoms with Crippen molar-refractivity contribution in [2.75, 3.05) is 0 Å². The summed E-state index contributed by atoms with van der Waals surface area (Å²) in [5.41, 5.74) is 6.94. The average molecular weight is 226 g/mol. The predicted molar refractivity (Wildman–Crippen MR) is 73.7 cm³/mol. The van der Waals surface area contributed by atoms with E-state index in [1.807, 2.05) is 0 Å². The zero-order valence-electron chi connectivity index (χ0n) is 11.2. The molecule has 0 heterocycles. The van der Waals surface area contributed by atoms with E-state index < -0.39 is 0 Å². The van der Waals surface area contributed by atoms with Crippen LogP contribution in [0.15, 0.2) is 46.6 Å². The topological polar surface area (TPSA) is 0 Å². The minimum absolute atomic E-state index is 0.664. The summed E-state index contributed by atoms with van der Waals surface area (Å²) in [5, 5.41) is 0. The molecule has 0 aromatic carbocycles. The van der Waals surface area contributed by atoms with Gasteiger partial charge >= 0.3 is 0 Å². The third-order valence-corrected chi connectivity index (χ3v) is 4.50. The molecule has 2 unspecified atom stereocenters. The van der Waals surface area contributed by atoms with Gasteiger partial charge in [-0.2, -0.15) is 0 Å². The maximum absolute atomic E-state index is 2.40. The molecule has 0 aromatic heterocycles. The summed E-state index contributed by atoms with van der Waals surface area (Å²) in [4.78, 5) is 0. The van der Waals surface area contributed by atoms with Gasteiger partial charge in [-0.15, -0.1) is 0 Å². The first-order chi connectivity index (χ1) is 8.18. The lowest BCUT2D eigenvalue weighted by molar-refractivity contribution is 0.635. The molecule has 0 N–H and O–H groups in total. The molecule has 0 nitrogen and oxygen atoms in total. The Labute approximate surface area is 105 Å². The van der Waals surface area contributed by atoms with Crippen molar-refractivity contribution in [1.82, 2.24) is 0 Å². The standard InChI is InChI=1S/C17H22/c1-11(2)16-15-10-14(9-12(15)3)17(16)13-7-5-4-6-8-13/h4-7,11-13H,8-10H2,1-3H3. The van der Waals surface area contributed by atoms with Crippen LogP contribution in [0.3, 0.4) is 0 Å². The molecule has 0 heteroatoms. The second-order valence-corrected chi connectivity index (χ2v) is 6.05. The largest absolute Gasteiger partial charge is 0.0836 e. The molecule has 3 aliphatic rings. The average Bonchev–Trinajstić information content (AvgIpc) is 2.86. The number of hydrogen-bond donors (Lipinski definition) is 0. The molecular weight excluding hydrogens is 204 g/mol. The summed E-state index contributed by atoms with van der Waals surface area (Å²) in [6, 6.07) is 0. The van der Waals surface area contributed by atoms with Crippen LogP contribution < -0.4 is 0 Å². The van der Waals surface area contributed by atoms with Gasteiger partial charge in [-0.1, -0.05) is 56.2 Å². The van der Waals surface area contributed by atoms with Crippen molar-refractivity contribution in [2.24, 2.45) is 17.8 Å². The van der Waals surface area contributed by atoms with Crippen molar-refractivity contribution in [1.29, 1.82) is 0 Å². The van der Waals surface area contributed by atoms with Crippen LogP contribution >= 0.6 is 0 Å². The molecule has 2 bridgehead atoms. The highest BCUT2D eigenvalue weighted by Gasteiger charge is 2.37. The molecule has 0 saturated heterocycles. The van der Waals surface area contributed by atoms with Crippen molar-refractivity contribution in [2.45, 2.75) is 40.0 Å². The Morgan fingerprint density at radius 3 is 2.71 bits per heavy atom. The minimum Gasteiger partial charge on any atom is -0.0836 e. The van der Waals surface area contributed by atoms with Crippen molar-refractivity contribution < 1.29 is 0 Å². The van der Waals surface area contributed by atoms with Crippen molar-refractivity contribution >= 4 is 0 Å². The zero-order valence-corrected chi connectivity index (χ0v) is 11.2. The molecule has 3 rings (SSSR count). The second kappa shape index (κ2) is 4.01. The van der Waals surface area contributed by atoms with E-state index >= 15 is 0 Å². The van der Waals surface area contributed by atoms with Crippen molar-refractivity contribution in [3.8, 4) is 0 Å². The second-order valence-electron chi connectivity index (χ2n) is 6.05. The maximum atomic E-state index is 2.40. The van der Waals surface area contributed by atoms with Crippen LogP contribution in [0.5, 0.6) is 0 Å². The first-order valence-corrected chi connectivity index (χ1v) is 6.97. The van der Waals surface area contributed by atoms with Crippen molar-refractivity contribution in [3.63, 3.8) is 0 Å². The molecular formula is C17H22. The summed E-state index contributed by atoms with van der Waals surface area (Å²) < 4.78 is 0. The molecule has 2 atom stereocenters. The van der Waals surface area contributed by atoms with Gasteiger partial charge in [-0.3, -0.25) is 0 Å². The van der Waals surface area contributed by atoms with Gasteiger partial charge in [0, 0.05) is 5.92 Å². The first kappa shape index (κ1) is 11.1. The molecule has 90 valence electrons. The number of hydrogen-bond acceptors (Lipinski definition) is 0. The third kappa shape index (κ3) is 1.66. The van der Waals surface area contributed by atoms with Gasteiger partial charge in [0.2, 0.25) is 0 Å². The third-order valence-electron chi connectivity index (χ3n) is 4.50. The van der Waals surface area contributed by atoms with E-state index in [9.17, 15) is 0 Å². The highest BCUT2D eigenvalue weighted by atomic mass is 14.4. The van der Waals surface area contributed by atoms with Crippen LogP contribution in [0, 0.1) is 17.8 Å². The Bertz CT molecular complexity index is 454. The van der Waals surface area contributed by atoms with Gasteiger partial charge in [0.05, 0.1) is 0 Å². The summed E-state index contributed by atoms with van der Waals surface area (Å²) in [6.45, 7) is 7.12. The van der Waals surface area contributed by atoms with Crippen LogP contribution in [0.4, 0.5) is 0 Å². The van der Waals surface area contributed by atoms with E-state index in [2.05, 4.69) is 45.1 Å². The molecule has 0 amide bonds. The highest BCUT2D eigenvalue weighted by molar-refractivity contribution is 5.55. The summed E-state index contributed by atoms with van der Waals surface area (Å²) in [7, 11) is 0. The van der Waals surface area contributed by atoms with Gasteiger partial charge in [-0.25, -0.2) is 0 Å². The lowest BCUT2D eigenvalue weighted by Crippen LogP contribution is -2.13. The maximum Gasteiger partial charge on any atom is 0.00581 e. The lowest BCUT2D eigenvalue weighted by atomic mass is 9.78. The van der Waals surface area contributed by atoms with E-state index in [1.165, 1.54) is 19.3 Å². The lowest BCUT2D eigenvalue weighted by Gasteiger charge is -2.27. The molecule has 0 aliphatic heterocycles. The fraction of sp³-hybridized carbons (Fsp3) is 0.529. The van der Waals surface area contributed by atoms with Crippen molar-refractivity contribution in [3.05, 3.63) is 46.6 Å². The van der Waals surface area contributed by atoms with Crippen LogP contribution in [0.1, 0.15) is 40.0 Å². The quantitative estimate of drug-likeness (QED) is 0.633. The molecule has 1 fully saturated rings. The number of fused-ring (bicyclic) bond motifs is 2. The highest BCUT2D eigenvalue weighted by Crippen LogP contribution is 2.52. The van der Waals surface area contributed by atoms with Crippen LogP contribution in [-0.4, -0.2) is 0 Å². The molecule has 17 heavy (non-hydrogen) atoms. The fourth-order valence-corrected chi connectivity index (χ4v) is 3.84. The van der Waals surface area contributed by atoms with E-state index in [-0.39, 0.29) is 0 Å².